The van der Waals surface area contributed by atoms with E-state index in [1.165, 1.54) is 5.56 Å². The van der Waals surface area contributed by atoms with Crippen molar-refractivity contribution in [3.05, 3.63) is 46.8 Å². The molecule has 0 aliphatic heterocycles. The monoisotopic (exact) mass is 329 g/mol. The van der Waals surface area contributed by atoms with Crippen molar-refractivity contribution < 1.29 is 9.53 Å². The number of nitrogens with two attached hydrogens (primary N) is 2. The molecule has 1 unspecified atom stereocenters. The molecule has 0 fully saturated rings. The van der Waals surface area contributed by atoms with Gasteiger partial charge in [-0.1, -0.05) is 26.0 Å². The minimum Gasteiger partial charge on any atom is -0.484 e. The predicted octanol–water partition coefficient (Wildman–Crippen LogP) is 2.23. The smallest absolute Gasteiger partial charge is 0.269 e. The van der Waals surface area contributed by atoms with E-state index in [1.807, 2.05) is 24.3 Å². The van der Waals surface area contributed by atoms with E-state index in [4.69, 9.17) is 16.3 Å². The summed E-state index contributed by atoms with van der Waals surface area (Å²) in [6, 6.07) is 7.82. The summed E-state index contributed by atoms with van der Waals surface area (Å²) in [5.41, 5.74) is 10.2. The molecule has 1 heterocycles. The molecule has 1 aromatic carbocycles. The largest absolute Gasteiger partial charge is 0.484 e. The topological polar surface area (TPSA) is 116 Å². The lowest BCUT2D eigenvalue weighted by atomic mass is 10.0. The van der Waals surface area contributed by atoms with Gasteiger partial charge < -0.3 is 10.5 Å². The van der Waals surface area contributed by atoms with Crippen molar-refractivity contribution in [3.63, 3.8) is 0 Å². The predicted molar refractivity (Wildman–Crippen MR) is 92.4 cm³/mol. The number of rotatable bonds is 5. The second kappa shape index (κ2) is 7.27. The highest BCUT2D eigenvalue weighted by atomic mass is 16.5. The average molecular weight is 329 g/mol. The van der Waals surface area contributed by atoms with E-state index in [-0.39, 0.29) is 11.5 Å². The number of anilines is 1. The Morgan fingerprint density at radius 1 is 1.17 bits per heavy atom. The van der Waals surface area contributed by atoms with Crippen LogP contribution in [0.4, 0.5) is 5.95 Å². The van der Waals surface area contributed by atoms with Gasteiger partial charge in [0.25, 0.3) is 5.91 Å². The fourth-order valence-corrected chi connectivity index (χ4v) is 2.46. The Balaban J connectivity index is 2.32. The Hall–Kier alpha value is -2.67. The van der Waals surface area contributed by atoms with Gasteiger partial charge in [-0.2, -0.15) is 0 Å². The summed E-state index contributed by atoms with van der Waals surface area (Å²) in [5, 5.41) is 0. The first-order valence-electron chi connectivity index (χ1n) is 7.75. The van der Waals surface area contributed by atoms with E-state index in [2.05, 4.69) is 29.2 Å². The third-order valence-corrected chi connectivity index (χ3v) is 3.74. The molecular formula is C17H23N5O2. The fourth-order valence-electron chi connectivity index (χ4n) is 2.46. The third-order valence-electron chi connectivity index (χ3n) is 3.74. The van der Waals surface area contributed by atoms with Crippen LogP contribution in [0, 0.1) is 6.92 Å². The van der Waals surface area contributed by atoms with E-state index in [0.29, 0.717) is 23.1 Å². The first-order valence-corrected chi connectivity index (χ1v) is 7.75. The van der Waals surface area contributed by atoms with E-state index in [9.17, 15) is 4.79 Å². The van der Waals surface area contributed by atoms with Gasteiger partial charge in [-0.15, -0.1) is 0 Å². The summed E-state index contributed by atoms with van der Waals surface area (Å²) in [5.74, 6) is 5.98. The highest BCUT2D eigenvalue weighted by Gasteiger charge is 2.23. The van der Waals surface area contributed by atoms with Gasteiger partial charge >= 0.3 is 0 Å². The number of nitrogen functional groups attached to an aromatic ring is 2. The van der Waals surface area contributed by atoms with Crippen LogP contribution in [0.2, 0.25) is 0 Å². The van der Waals surface area contributed by atoms with Gasteiger partial charge in [-0.05, 0) is 37.5 Å². The number of aromatic nitrogens is 2. The highest BCUT2D eigenvalue weighted by Crippen LogP contribution is 2.26. The summed E-state index contributed by atoms with van der Waals surface area (Å²) >= 11 is 0. The van der Waals surface area contributed by atoms with Gasteiger partial charge in [0, 0.05) is 0 Å². The molecule has 0 bridgehead atoms. The molecule has 5 N–H and O–H groups in total. The Labute approximate surface area is 141 Å². The van der Waals surface area contributed by atoms with Crippen LogP contribution < -0.4 is 21.7 Å². The number of benzene rings is 1. The molecule has 0 saturated heterocycles. The molecular weight excluding hydrogens is 306 g/mol. The summed E-state index contributed by atoms with van der Waals surface area (Å²) in [6.45, 7) is 7.73. The molecule has 24 heavy (non-hydrogen) atoms. The Bertz CT molecular complexity index is 729. The van der Waals surface area contributed by atoms with Crippen LogP contribution in [-0.2, 0) is 0 Å². The molecule has 2 rings (SSSR count). The molecule has 0 spiro atoms. The van der Waals surface area contributed by atoms with Crippen molar-refractivity contribution in [3.8, 4) is 5.75 Å². The lowest BCUT2D eigenvalue weighted by molar-refractivity contribution is 0.0946. The summed E-state index contributed by atoms with van der Waals surface area (Å²) in [4.78, 5) is 20.2. The highest BCUT2D eigenvalue weighted by molar-refractivity contribution is 5.96. The van der Waals surface area contributed by atoms with Crippen molar-refractivity contribution in [1.29, 1.82) is 0 Å². The Morgan fingerprint density at radius 3 is 2.33 bits per heavy atom. The summed E-state index contributed by atoms with van der Waals surface area (Å²) in [6.07, 6.45) is -0.494. The average Bonchev–Trinajstić information content (AvgIpc) is 2.53. The van der Waals surface area contributed by atoms with E-state index < -0.39 is 12.0 Å². The molecule has 7 nitrogen and oxygen atoms in total. The van der Waals surface area contributed by atoms with Crippen LogP contribution in [0.25, 0.3) is 0 Å². The molecule has 1 atom stereocenters. The second-order valence-electron chi connectivity index (χ2n) is 5.88. The number of carbonyl (C=O) groups is 1. The zero-order chi connectivity index (χ0) is 17.9. The van der Waals surface area contributed by atoms with Gasteiger partial charge in [-0.25, -0.2) is 15.8 Å². The maximum Gasteiger partial charge on any atom is 0.269 e. The number of hydrogen-bond acceptors (Lipinski definition) is 6. The maximum absolute atomic E-state index is 12.0. The Morgan fingerprint density at radius 2 is 1.79 bits per heavy atom. The minimum atomic E-state index is -0.494. The van der Waals surface area contributed by atoms with Crippen molar-refractivity contribution in [1.82, 2.24) is 15.4 Å². The van der Waals surface area contributed by atoms with E-state index in [1.54, 1.807) is 13.8 Å². The van der Waals surface area contributed by atoms with E-state index in [0.717, 1.165) is 0 Å². The molecule has 1 amide bonds. The Kier molecular flexibility index (Phi) is 5.35. The fraction of sp³-hybridized carbons (Fsp3) is 0.353. The normalized spacial score (nSPS) is 12.1. The van der Waals surface area contributed by atoms with Gasteiger partial charge in [0.15, 0.2) is 0 Å². The number of ether oxygens (including phenoxy) is 1. The third kappa shape index (κ3) is 3.80. The first-order chi connectivity index (χ1) is 11.3. The summed E-state index contributed by atoms with van der Waals surface area (Å²) in [7, 11) is 0. The number of nitrogens with one attached hydrogen (secondary N) is 1. The molecule has 0 aliphatic rings. The van der Waals surface area contributed by atoms with Gasteiger partial charge in [0.05, 0.1) is 17.0 Å². The number of aryl methyl sites for hydroxylation is 1. The zero-order valence-electron chi connectivity index (χ0n) is 14.3. The minimum absolute atomic E-state index is 0.0849. The van der Waals surface area contributed by atoms with Crippen molar-refractivity contribution in [2.24, 2.45) is 5.84 Å². The van der Waals surface area contributed by atoms with Crippen LogP contribution in [0.15, 0.2) is 24.3 Å². The lowest BCUT2D eigenvalue weighted by Gasteiger charge is -2.18. The molecule has 128 valence electrons. The SMILES string of the molecule is Cc1nc(N)nc(C(C)Oc2ccc(C(C)C)cc2)c1C(=O)NN. The molecule has 0 saturated carbocycles. The number of nitrogens with zero attached hydrogens (tertiary/aromatic N) is 2. The molecule has 1 aromatic heterocycles. The maximum atomic E-state index is 12.0. The van der Waals surface area contributed by atoms with Gasteiger partial charge in [0.2, 0.25) is 5.95 Å². The van der Waals surface area contributed by atoms with Crippen LogP contribution in [-0.4, -0.2) is 15.9 Å². The standard InChI is InChI=1S/C17H23N5O2/c1-9(2)12-5-7-13(8-6-12)24-11(4)15-14(16(23)22-19)10(3)20-17(18)21-15/h5-9,11H,19H2,1-4H3,(H,22,23)(H2,18,20,21). The lowest BCUT2D eigenvalue weighted by Crippen LogP contribution is -2.33. The number of hydrazine groups is 1. The van der Waals surface area contributed by atoms with Gasteiger partial charge in [0.1, 0.15) is 11.9 Å². The molecule has 7 heteroatoms. The second-order valence-corrected chi connectivity index (χ2v) is 5.88. The van der Waals surface area contributed by atoms with Crippen molar-refractivity contribution in [2.75, 3.05) is 5.73 Å². The number of hydrogen-bond donors (Lipinski definition) is 3. The first kappa shape index (κ1) is 17.7. The quantitative estimate of drug-likeness (QED) is 0.440. The van der Waals surface area contributed by atoms with Gasteiger partial charge in [-0.3, -0.25) is 10.2 Å². The number of carbonyl (C=O) groups excluding carboxylic acids is 1. The van der Waals surface area contributed by atoms with Crippen LogP contribution in [0.5, 0.6) is 5.75 Å². The van der Waals surface area contributed by atoms with Crippen LogP contribution in [0.3, 0.4) is 0 Å². The van der Waals surface area contributed by atoms with Crippen LogP contribution >= 0.6 is 0 Å². The van der Waals surface area contributed by atoms with Crippen LogP contribution in [0.1, 0.15) is 60.1 Å². The molecule has 2 aromatic rings. The zero-order valence-corrected chi connectivity index (χ0v) is 14.3. The van der Waals surface area contributed by atoms with E-state index >= 15 is 0 Å². The van der Waals surface area contributed by atoms with Crippen molar-refractivity contribution >= 4 is 11.9 Å². The molecule has 0 aliphatic carbocycles. The number of amides is 1. The van der Waals surface area contributed by atoms with Crippen molar-refractivity contribution in [2.45, 2.75) is 39.7 Å². The molecule has 0 radical (unpaired) electrons. The summed E-state index contributed by atoms with van der Waals surface area (Å²) < 4.78 is 5.91.